The highest BCUT2D eigenvalue weighted by Crippen LogP contribution is 2.34. The minimum atomic E-state index is -1.14. The molecule has 1 aliphatic heterocycles. The zero-order valence-corrected chi connectivity index (χ0v) is 20.0. The number of carbonyl (C=O) groups excluding carboxylic acids is 3. The molecular weight excluding hydrogens is 492 g/mol. The monoisotopic (exact) mass is 510 g/mol. The molecule has 2 N–H and O–H groups in total. The Bertz CT molecular complexity index is 1360. The maximum absolute atomic E-state index is 12.7. The van der Waals surface area contributed by atoms with Gasteiger partial charge in [0.2, 0.25) is 5.91 Å². The number of nitrogens with zero attached hydrogens (tertiary/aromatic N) is 1. The topological polar surface area (TPSA) is 117 Å². The van der Waals surface area contributed by atoms with Crippen LogP contribution in [0.3, 0.4) is 0 Å². The van der Waals surface area contributed by atoms with Gasteiger partial charge in [-0.15, -0.1) is 0 Å². The predicted molar refractivity (Wildman–Crippen MR) is 133 cm³/mol. The van der Waals surface area contributed by atoms with E-state index in [-0.39, 0.29) is 15.5 Å². The minimum absolute atomic E-state index is 0.0297. The van der Waals surface area contributed by atoms with E-state index in [9.17, 15) is 19.2 Å². The van der Waals surface area contributed by atoms with Gasteiger partial charge in [0.1, 0.15) is 18.1 Å². The van der Waals surface area contributed by atoms with Gasteiger partial charge in [-0.25, -0.2) is 4.79 Å². The maximum atomic E-state index is 12.7. The highest BCUT2D eigenvalue weighted by molar-refractivity contribution is 8.18. The highest BCUT2D eigenvalue weighted by Gasteiger charge is 2.36. The number of benzene rings is 2. The molecule has 0 saturated carbocycles. The Morgan fingerprint density at radius 1 is 1.11 bits per heavy atom. The second-order valence-corrected chi connectivity index (χ2v) is 8.97. The van der Waals surface area contributed by atoms with E-state index in [0.29, 0.717) is 34.5 Å². The van der Waals surface area contributed by atoms with E-state index in [1.165, 1.54) is 18.2 Å². The summed E-state index contributed by atoms with van der Waals surface area (Å²) in [5.74, 6) is -1.50. The molecule has 3 amide bonds. The molecule has 0 aliphatic carbocycles. The third kappa shape index (κ3) is 5.47. The molecule has 0 atom stereocenters. The smallest absolute Gasteiger partial charge is 0.337 e. The fraction of sp³-hybridized carbons (Fsp3) is 0.120. The minimum Gasteiger partial charge on any atom is -0.478 e. The van der Waals surface area contributed by atoms with Crippen molar-refractivity contribution < 1.29 is 28.7 Å². The third-order valence-corrected chi connectivity index (χ3v) is 6.43. The van der Waals surface area contributed by atoms with Gasteiger partial charge in [0.05, 0.1) is 15.5 Å². The molecule has 1 aromatic heterocycles. The highest BCUT2D eigenvalue weighted by atomic mass is 35.5. The van der Waals surface area contributed by atoms with E-state index in [1.807, 2.05) is 19.1 Å². The van der Waals surface area contributed by atoms with Gasteiger partial charge in [0, 0.05) is 17.3 Å². The lowest BCUT2D eigenvalue weighted by atomic mass is 10.1. The number of aromatic carboxylic acids is 1. The molecule has 0 radical (unpaired) electrons. The van der Waals surface area contributed by atoms with Crippen molar-refractivity contribution in [1.29, 1.82) is 0 Å². The van der Waals surface area contributed by atoms with Gasteiger partial charge in [0.25, 0.3) is 11.1 Å². The molecule has 1 fully saturated rings. The second-order valence-electron chi connectivity index (χ2n) is 7.57. The van der Waals surface area contributed by atoms with Gasteiger partial charge in [0.15, 0.2) is 0 Å². The SMILES string of the molecule is CCc1ccc(NC(=O)CN2C(=O)S/C(=C\c3ccc(-c4ccc(C(=O)O)c(Cl)c4)o3)C2=O)cc1. The molecule has 2 heterocycles. The number of furan rings is 1. The number of carbonyl (C=O) groups is 4. The van der Waals surface area contributed by atoms with Crippen molar-refractivity contribution in [1.82, 2.24) is 4.90 Å². The van der Waals surface area contributed by atoms with Crippen molar-refractivity contribution in [2.45, 2.75) is 13.3 Å². The van der Waals surface area contributed by atoms with Crippen molar-refractivity contribution in [2.75, 3.05) is 11.9 Å². The number of carboxylic acids is 1. The molecule has 4 rings (SSSR count). The number of rotatable bonds is 7. The van der Waals surface area contributed by atoms with Crippen molar-refractivity contribution in [3.63, 3.8) is 0 Å². The quantitative estimate of drug-likeness (QED) is 0.401. The van der Waals surface area contributed by atoms with Crippen LogP contribution in [0, 0.1) is 0 Å². The summed E-state index contributed by atoms with van der Waals surface area (Å²) >= 11 is 6.73. The molecule has 0 spiro atoms. The first-order valence-electron chi connectivity index (χ1n) is 10.5. The van der Waals surface area contributed by atoms with Gasteiger partial charge in [-0.05, 0) is 60.1 Å². The first kappa shape index (κ1) is 24.3. The average Bonchev–Trinajstić information content (AvgIpc) is 3.39. The first-order chi connectivity index (χ1) is 16.7. The fourth-order valence-electron chi connectivity index (χ4n) is 3.36. The summed E-state index contributed by atoms with van der Waals surface area (Å²) in [5.41, 5.74) is 2.23. The van der Waals surface area contributed by atoms with Crippen LogP contribution in [0.25, 0.3) is 17.4 Å². The number of hydrogen-bond donors (Lipinski definition) is 2. The number of amides is 3. The molecule has 0 bridgehead atoms. The maximum Gasteiger partial charge on any atom is 0.337 e. The molecule has 3 aromatic rings. The second kappa shape index (κ2) is 10.2. The molecule has 2 aromatic carbocycles. The zero-order valence-electron chi connectivity index (χ0n) is 18.4. The summed E-state index contributed by atoms with van der Waals surface area (Å²) in [5, 5.41) is 11.3. The van der Waals surface area contributed by atoms with Gasteiger partial charge < -0.3 is 14.8 Å². The number of anilines is 1. The lowest BCUT2D eigenvalue weighted by Crippen LogP contribution is -2.36. The Morgan fingerprint density at radius 3 is 2.51 bits per heavy atom. The van der Waals surface area contributed by atoms with E-state index >= 15 is 0 Å². The number of nitrogens with one attached hydrogen (secondary N) is 1. The summed E-state index contributed by atoms with van der Waals surface area (Å²) in [6, 6.07) is 15.0. The van der Waals surface area contributed by atoms with Crippen LogP contribution < -0.4 is 5.32 Å². The van der Waals surface area contributed by atoms with Crippen molar-refractivity contribution in [3.8, 4) is 11.3 Å². The number of aryl methyl sites for hydroxylation is 1. The van der Waals surface area contributed by atoms with Gasteiger partial charge in [-0.1, -0.05) is 36.7 Å². The van der Waals surface area contributed by atoms with Crippen molar-refractivity contribution in [3.05, 3.63) is 81.4 Å². The van der Waals surface area contributed by atoms with Gasteiger partial charge >= 0.3 is 5.97 Å². The molecule has 0 unspecified atom stereocenters. The van der Waals surface area contributed by atoms with Crippen LogP contribution in [0.1, 0.15) is 28.6 Å². The average molecular weight is 511 g/mol. The van der Waals surface area contributed by atoms with Crippen molar-refractivity contribution >= 4 is 58.1 Å². The van der Waals surface area contributed by atoms with E-state index in [4.69, 9.17) is 21.1 Å². The van der Waals surface area contributed by atoms with Crippen LogP contribution in [-0.2, 0) is 16.0 Å². The lowest BCUT2D eigenvalue weighted by Gasteiger charge is -2.12. The number of halogens is 1. The van der Waals surface area contributed by atoms with Crippen LogP contribution in [0.5, 0.6) is 0 Å². The summed E-state index contributed by atoms with van der Waals surface area (Å²) in [6.07, 6.45) is 2.29. The summed E-state index contributed by atoms with van der Waals surface area (Å²) in [6.45, 7) is 1.62. The largest absolute Gasteiger partial charge is 0.478 e. The van der Waals surface area contributed by atoms with Gasteiger partial charge in [-0.3, -0.25) is 19.3 Å². The summed E-state index contributed by atoms with van der Waals surface area (Å²) in [7, 11) is 0. The van der Waals surface area contributed by atoms with Crippen LogP contribution in [-0.4, -0.2) is 39.6 Å². The Kier molecular flexibility index (Phi) is 7.09. The third-order valence-electron chi connectivity index (χ3n) is 5.21. The fourth-order valence-corrected chi connectivity index (χ4v) is 4.44. The molecule has 1 aliphatic rings. The summed E-state index contributed by atoms with van der Waals surface area (Å²) in [4.78, 5) is 49.6. The van der Waals surface area contributed by atoms with Crippen molar-refractivity contribution in [2.24, 2.45) is 0 Å². The zero-order chi connectivity index (χ0) is 25.1. The van der Waals surface area contributed by atoms with E-state index in [1.54, 1.807) is 30.3 Å². The molecule has 10 heteroatoms. The lowest BCUT2D eigenvalue weighted by molar-refractivity contribution is -0.127. The molecule has 1 saturated heterocycles. The number of hydrogen-bond acceptors (Lipinski definition) is 6. The Balaban J connectivity index is 1.44. The molecular formula is C25H19ClN2O6S. The summed E-state index contributed by atoms with van der Waals surface area (Å²) < 4.78 is 5.73. The standard InChI is InChI=1S/C25H19ClN2O6S/c1-2-14-3-6-16(7-4-14)27-22(29)13-28-23(30)21(35-25(28)33)12-17-8-10-20(34-17)15-5-9-18(24(31)32)19(26)11-15/h3-12H,2,13H2,1H3,(H,27,29)(H,31,32)/b21-12-. The normalized spacial score (nSPS) is 14.6. The number of carboxylic acid groups (broad SMARTS) is 1. The van der Waals surface area contributed by atoms with Crippen LogP contribution in [0.2, 0.25) is 5.02 Å². The number of thioether (sulfide) groups is 1. The van der Waals surface area contributed by atoms with Crippen LogP contribution >= 0.6 is 23.4 Å². The van der Waals surface area contributed by atoms with Crippen LogP contribution in [0.4, 0.5) is 10.5 Å². The first-order valence-corrected chi connectivity index (χ1v) is 11.7. The number of imide groups is 1. The Hall–Kier alpha value is -3.82. The van der Waals surface area contributed by atoms with E-state index < -0.39 is 29.6 Å². The molecule has 8 nitrogen and oxygen atoms in total. The Morgan fingerprint density at radius 2 is 1.86 bits per heavy atom. The predicted octanol–water partition coefficient (Wildman–Crippen LogP) is 5.54. The Labute approximate surface area is 209 Å². The van der Waals surface area contributed by atoms with E-state index in [2.05, 4.69) is 5.32 Å². The van der Waals surface area contributed by atoms with E-state index in [0.717, 1.165) is 16.9 Å². The van der Waals surface area contributed by atoms with Crippen LogP contribution in [0.15, 0.2) is 63.9 Å². The molecule has 178 valence electrons. The molecule has 35 heavy (non-hydrogen) atoms. The van der Waals surface area contributed by atoms with Gasteiger partial charge in [-0.2, -0.15) is 0 Å².